The molecule has 24 heavy (non-hydrogen) atoms. The van der Waals surface area contributed by atoms with E-state index in [2.05, 4.69) is 0 Å². The first kappa shape index (κ1) is 17.7. The summed E-state index contributed by atoms with van der Waals surface area (Å²) in [5.41, 5.74) is -0.653. The van der Waals surface area contributed by atoms with Gasteiger partial charge in [0, 0.05) is 5.92 Å². The predicted octanol–water partition coefficient (Wildman–Crippen LogP) is 1.40. The highest BCUT2D eigenvalue weighted by Gasteiger charge is 2.61. The van der Waals surface area contributed by atoms with Crippen LogP contribution in [0.5, 0.6) is 0 Å². The standard InChI is InChI=1S/C16H24O7S/c1-4-16(2,3)15(18)21-8-12(17)22-13-9-5-6-10-11(7-9)24(19,20)23-14(10)13/h9-11,13-14H,4-8H2,1-3H3. The molecule has 0 amide bonds. The maximum Gasteiger partial charge on any atom is 0.344 e. The van der Waals surface area contributed by atoms with E-state index >= 15 is 0 Å². The lowest BCUT2D eigenvalue weighted by Crippen LogP contribution is -2.52. The van der Waals surface area contributed by atoms with E-state index in [1.165, 1.54) is 0 Å². The molecule has 0 spiro atoms. The van der Waals surface area contributed by atoms with Crippen molar-refractivity contribution in [3.05, 3.63) is 0 Å². The SMILES string of the molecule is CCC(C)(C)C(=O)OCC(=O)OC1C2CCC3C1OS(=O)(=O)C3C2. The fourth-order valence-electron chi connectivity index (χ4n) is 3.87. The molecule has 7 nitrogen and oxygen atoms in total. The van der Waals surface area contributed by atoms with Crippen LogP contribution in [0, 0.1) is 17.3 Å². The zero-order valence-corrected chi connectivity index (χ0v) is 15.0. The van der Waals surface area contributed by atoms with Crippen molar-refractivity contribution in [2.45, 2.75) is 63.9 Å². The molecule has 4 rings (SSSR count). The van der Waals surface area contributed by atoms with Crippen LogP contribution in [-0.2, 0) is 33.4 Å². The van der Waals surface area contributed by atoms with Gasteiger partial charge in [-0.3, -0.25) is 8.98 Å². The van der Waals surface area contributed by atoms with Crippen LogP contribution in [0.15, 0.2) is 0 Å². The molecule has 1 heterocycles. The van der Waals surface area contributed by atoms with Crippen LogP contribution >= 0.6 is 0 Å². The summed E-state index contributed by atoms with van der Waals surface area (Å²) in [4.78, 5) is 23.9. The van der Waals surface area contributed by atoms with Gasteiger partial charge in [0.15, 0.2) is 6.61 Å². The van der Waals surface area contributed by atoms with Crippen molar-refractivity contribution in [1.29, 1.82) is 0 Å². The predicted molar refractivity (Wildman–Crippen MR) is 83.3 cm³/mol. The highest BCUT2D eigenvalue weighted by molar-refractivity contribution is 7.87. The molecule has 3 aliphatic carbocycles. The Kier molecular flexibility index (Phi) is 4.40. The first-order valence-corrected chi connectivity index (χ1v) is 9.91. The summed E-state index contributed by atoms with van der Waals surface area (Å²) < 4.78 is 39.7. The van der Waals surface area contributed by atoms with Gasteiger partial charge in [-0.15, -0.1) is 0 Å². The van der Waals surface area contributed by atoms with Crippen molar-refractivity contribution in [3.8, 4) is 0 Å². The molecule has 136 valence electrons. The second-order valence-corrected chi connectivity index (χ2v) is 9.38. The molecular weight excluding hydrogens is 336 g/mol. The van der Waals surface area contributed by atoms with Gasteiger partial charge in [-0.1, -0.05) is 6.92 Å². The van der Waals surface area contributed by atoms with Crippen molar-refractivity contribution >= 4 is 22.1 Å². The maximum atomic E-state index is 12.0. The number of carbonyl (C=O) groups excluding carboxylic acids is 2. The fraction of sp³-hybridized carbons (Fsp3) is 0.875. The number of carbonyl (C=O) groups is 2. The van der Waals surface area contributed by atoms with Crippen LogP contribution < -0.4 is 0 Å². The smallest absolute Gasteiger partial charge is 0.344 e. The molecule has 0 aromatic rings. The van der Waals surface area contributed by atoms with Crippen LogP contribution in [0.1, 0.15) is 46.5 Å². The van der Waals surface area contributed by atoms with Crippen molar-refractivity contribution in [1.82, 2.24) is 0 Å². The van der Waals surface area contributed by atoms with Crippen molar-refractivity contribution in [2.75, 3.05) is 6.61 Å². The largest absolute Gasteiger partial charge is 0.457 e. The Bertz CT molecular complexity index is 639. The molecule has 4 aliphatic rings. The van der Waals surface area contributed by atoms with E-state index in [9.17, 15) is 18.0 Å². The van der Waals surface area contributed by atoms with E-state index in [1.54, 1.807) is 13.8 Å². The number of ether oxygens (including phenoxy) is 2. The number of hydrogen-bond donors (Lipinski definition) is 0. The minimum Gasteiger partial charge on any atom is -0.457 e. The number of esters is 2. The topological polar surface area (TPSA) is 96.0 Å². The van der Waals surface area contributed by atoms with Crippen LogP contribution in [0.2, 0.25) is 0 Å². The molecule has 3 saturated carbocycles. The molecule has 4 bridgehead atoms. The Labute approximate surface area is 142 Å². The lowest BCUT2D eigenvalue weighted by Gasteiger charge is -2.43. The van der Waals surface area contributed by atoms with Gasteiger partial charge in [-0.25, -0.2) is 4.79 Å². The van der Waals surface area contributed by atoms with Crippen molar-refractivity contribution in [3.63, 3.8) is 0 Å². The molecule has 0 N–H and O–H groups in total. The lowest BCUT2D eigenvalue weighted by atomic mass is 9.67. The normalized spacial score (nSPS) is 36.4. The average Bonchev–Trinajstić information content (AvgIpc) is 2.76. The molecule has 0 aromatic carbocycles. The van der Waals surface area contributed by atoms with Crippen LogP contribution in [0.3, 0.4) is 0 Å². The minimum absolute atomic E-state index is 0.00555. The quantitative estimate of drug-likeness (QED) is 0.540. The Hall–Kier alpha value is -1.15. The van der Waals surface area contributed by atoms with Gasteiger partial charge >= 0.3 is 11.9 Å². The molecule has 0 aromatic heterocycles. The molecule has 0 radical (unpaired) electrons. The van der Waals surface area contributed by atoms with Gasteiger partial charge in [0.2, 0.25) is 0 Å². The third-order valence-electron chi connectivity index (χ3n) is 5.73. The molecule has 1 aliphatic heterocycles. The van der Waals surface area contributed by atoms with E-state index in [0.29, 0.717) is 12.8 Å². The molecule has 5 atom stereocenters. The summed E-state index contributed by atoms with van der Waals surface area (Å²) in [6.07, 6.45) is 1.54. The molecular formula is C16H24O7S. The first-order valence-electron chi connectivity index (χ1n) is 8.44. The van der Waals surface area contributed by atoms with Gasteiger partial charge in [-0.05, 0) is 45.4 Å². The number of hydrogen-bond acceptors (Lipinski definition) is 7. The lowest BCUT2D eigenvalue weighted by molar-refractivity contribution is -0.177. The molecule has 1 saturated heterocycles. The zero-order chi connectivity index (χ0) is 17.7. The van der Waals surface area contributed by atoms with Crippen LogP contribution in [-0.4, -0.2) is 44.4 Å². The first-order chi connectivity index (χ1) is 11.2. The Balaban J connectivity index is 1.59. The summed E-state index contributed by atoms with van der Waals surface area (Å²) in [6.45, 7) is 4.90. The average molecular weight is 360 g/mol. The summed E-state index contributed by atoms with van der Waals surface area (Å²) >= 11 is 0. The van der Waals surface area contributed by atoms with Crippen LogP contribution in [0.25, 0.3) is 0 Å². The Morgan fingerprint density at radius 3 is 2.62 bits per heavy atom. The monoisotopic (exact) mass is 360 g/mol. The van der Waals surface area contributed by atoms with Crippen molar-refractivity contribution in [2.24, 2.45) is 17.3 Å². The molecule has 5 unspecified atom stereocenters. The van der Waals surface area contributed by atoms with E-state index in [-0.39, 0.29) is 11.8 Å². The van der Waals surface area contributed by atoms with Gasteiger partial charge in [0.1, 0.15) is 12.2 Å². The van der Waals surface area contributed by atoms with E-state index in [1.807, 2.05) is 6.92 Å². The molecule has 4 fully saturated rings. The summed E-state index contributed by atoms with van der Waals surface area (Å²) in [5, 5.41) is -0.459. The van der Waals surface area contributed by atoms with Crippen LogP contribution in [0.4, 0.5) is 0 Å². The Morgan fingerprint density at radius 2 is 1.96 bits per heavy atom. The second-order valence-electron chi connectivity index (χ2n) is 7.60. The fourth-order valence-corrected chi connectivity index (χ4v) is 5.77. The highest BCUT2D eigenvalue weighted by Crippen LogP contribution is 2.52. The maximum absolute atomic E-state index is 12.0. The second kappa shape index (κ2) is 5.98. The minimum atomic E-state index is -3.55. The number of fused-ring (bicyclic) bond motifs is 1. The Morgan fingerprint density at radius 1 is 1.25 bits per heavy atom. The molecule has 8 heteroatoms. The van der Waals surface area contributed by atoms with Gasteiger partial charge < -0.3 is 9.47 Å². The van der Waals surface area contributed by atoms with Gasteiger partial charge in [0.25, 0.3) is 10.1 Å². The van der Waals surface area contributed by atoms with Gasteiger partial charge in [0.05, 0.1) is 10.7 Å². The zero-order valence-electron chi connectivity index (χ0n) is 14.2. The summed E-state index contributed by atoms with van der Waals surface area (Å²) in [5.74, 6) is -1.21. The third kappa shape index (κ3) is 2.94. The number of rotatable bonds is 5. The van der Waals surface area contributed by atoms with E-state index < -0.39 is 51.5 Å². The van der Waals surface area contributed by atoms with E-state index in [0.717, 1.165) is 12.8 Å². The third-order valence-corrected chi connectivity index (χ3v) is 7.51. The highest BCUT2D eigenvalue weighted by atomic mass is 32.2. The van der Waals surface area contributed by atoms with Gasteiger partial charge in [-0.2, -0.15) is 8.42 Å². The summed E-state index contributed by atoms with van der Waals surface area (Å²) in [6, 6.07) is 0. The van der Waals surface area contributed by atoms with Crippen molar-refractivity contribution < 1.29 is 31.7 Å². The summed E-state index contributed by atoms with van der Waals surface area (Å²) in [7, 11) is -3.55. The van der Waals surface area contributed by atoms with E-state index in [4.69, 9.17) is 13.7 Å².